The minimum atomic E-state index is -3.46. The minimum Gasteiger partial charge on any atom is -0.376 e. The fourth-order valence-corrected chi connectivity index (χ4v) is 2.87. The fraction of sp³-hybridized carbons (Fsp3) is 0.500. The molecule has 1 rings (SSSR count). The Kier molecular flexibility index (Phi) is 7.08. The molecule has 0 saturated carbocycles. The maximum absolute atomic E-state index is 12.1. The van der Waals surface area contributed by atoms with Crippen molar-refractivity contribution in [3.63, 3.8) is 0 Å². The molecule has 0 unspecified atom stereocenters. The van der Waals surface area contributed by atoms with Crippen LogP contribution in [0.2, 0.25) is 0 Å². The molecule has 0 aromatic heterocycles. The number of nitrogens with one attached hydrogen (secondary N) is 1. The van der Waals surface area contributed by atoms with Crippen LogP contribution in [0.1, 0.15) is 26.3 Å². The second-order valence-corrected chi connectivity index (χ2v) is 7.42. The molecule has 4 nitrogen and oxygen atoms in total. The number of hydrogen-bond acceptors (Lipinski definition) is 3. The summed E-state index contributed by atoms with van der Waals surface area (Å²) in [6.07, 6.45) is 0.947. The van der Waals surface area contributed by atoms with Crippen molar-refractivity contribution in [3.8, 4) is 0 Å². The first-order valence-electron chi connectivity index (χ1n) is 7.12. The molecule has 0 spiro atoms. The SMILES string of the molecule is C=C(C)COCCNS(=O)(=O)c1ccc(CC(C)C)cc1. The Morgan fingerprint density at radius 1 is 1.29 bits per heavy atom. The van der Waals surface area contributed by atoms with E-state index in [1.54, 1.807) is 12.1 Å². The highest BCUT2D eigenvalue weighted by Crippen LogP contribution is 2.13. The zero-order valence-corrected chi connectivity index (χ0v) is 13.9. The predicted octanol–water partition coefficient (Wildman–Crippen LogP) is 2.76. The molecule has 0 radical (unpaired) electrons. The van der Waals surface area contributed by atoms with Gasteiger partial charge in [-0.15, -0.1) is 0 Å². The average molecular weight is 311 g/mol. The number of benzene rings is 1. The summed E-state index contributed by atoms with van der Waals surface area (Å²) < 4.78 is 31.9. The quantitative estimate of drug-likeness (QED) is 0.563. The molecular formula is C16H25NO3S. The minimum absolute atomic E-state index is 0.253. The third-order valence-corrected chi connectivity index (χ3v) is 4.24. The van der Waals surface area contributed by atoms with E-state index in [0.717, 1.165) is 17.6 Å². The van der Waals surface area contributed by atoms with Gasteiger partial charge in [0.2, 0.25) is 10.0 Å². The number of hydrogen-bond donors (Lipinski definition) is 1. The Bertz CT molecular complexity index is 547. The summed E-state index contributed by atoms with van der Waals surface area (Å²) in [4.78, 5) is 0.287. The molecule has 1 aromatic carbocycles. The summed E-state index contributed by atoms with van der Waals surface area (Å²) in [6.45, 7) is 10.9. The van der Waals surface area contributed by atoms with E-state index in [4.69, 9.17) is 4.74 Å². The van der Waals surface area contributed by atoms with Crippen molar-refractivity contribution in [2.75, 3.05) is 19.8 Å². The van der Waals surface area contributed by atoms with Gasteiger partial charge in [0.1, 0.15) is 0 Å². The van der Waals surface area contributed by atoms with E-state index < -0.39 is 10.0 Å². The van der Waals surface area contributed by atoms with Gasteiger partial charge in [-0.3, -0.25) is 0 Å². The van der Waals surface area contributed by atoms with Crippen molar-refractivity contribution >= 4 is 10.0 Å². The highest BCUT2D eigenvalue weighted by molar-refractivity contribution is 7.89. The maximum Gasteiger partial charge on any atom is 0.240 e. The second-order valence-electron chi connectivity index (χ2n) is 5.65. The third-order valence-electron chi connectivity index (χ3n) is 2.76. The summed E-state index contributed by atoms with van der Waals surface area (Å²) in [5.74, 6) is 0.552. The second kappa shape index (κ2) is 8.32. The van der Waals surface area contributed by atoms with Crippen LogP contribution in [0, 0.1) is 5.92 Å². The van der Waals surface area contributed by atoms with Crippen LogP contribution in [0.4, 0.5) is 0 Å². The first-order chi connectivity index (χ1) is 9.81. The largest absolute Gasteiger partial charge is 0.376 e. The summed E-state index contributed by atoms with van der Waals surface area (Å²) in [7, 11) is -3.46. The number of rotatable bonds is 9. The summed E-state index contributed by atoms with van der Waals surface area (Å²) in [5, 5.41) is 0. The average Bonchev–Trinajstić information content (AvgIpc) is 2.37. The van der Waals surface area contributed by atoms with Crippen LogP contribution in [0.25, 0.3) is 0 Å². The Morgan fingerprint density at radius 3 is 2.43 bits per heavy atom. The van der Waals surface area contributed by atoms with Crippen LogP contribution < -0.4 is 4.72 Å². The molecule has 21 heavy (non-hydrogen) atoms. The van der Waals surface area contributed by atoms with Crippen molar-refractivity contribution < 1.29 is 13.2 Å². The molecule has 5 heteroatoms. The molecule has 0 aliphatic rings. The van der Waals surface area contributed by atoms with Gasteiger partial charge in [0.25, 0.3) is 0 Å². The van der Waals surface area contributed by atoms with Crippen LogP contribution in [0.3, 0.4) is 0 Å². The molecule has 1 aromatic rings. The van der Waals surface area contributed by atoms with Gasteiger partial charge in [-0.2, -0.15) is 0 Å². The standard InChI is InChI=1S/C16H25NO3S/c1-13(2)11-15-5-7-16(8-6-15)21(18,19)17-9-10-20-12-14(3)4/h5-8,13,17H,3,9-12H2,1-2,4H3. The maximum atomic E-state index is 12.1. The monoisotopic (exact) mass is 311 g/mol. The molecule has 0 amide bonds. The fourth-order valence-electron chi connectivity index (χ4n) is 1.85. The first-order valence-corrected chi connectivity index (χ1v) is 8.60. The molecule has 118 valence electrons. The Hall–Kier alpha value is -1.17. The lowest BCUT2D eigenvalue weighted by atomic mass is 10.0. The van der Waals surface area contributed by atoms with Crippen molar-refractivity contribution in [1.29, 1.82) is 0 Å². The Morgan fingerprint density at radius 2 is 1.90 bits per heavy atom. The molecule has 1 N–H and O–H groups in total. The third kappa shape index (κ3) is 6.89. The lowest BCUT2D eigenvalue weighted by Gasteiger charge is -2.09. The van der Waals surface area contributed by atoms with Gasteiger partial charge < -0.3 is 4.74 Å². The van der Waals surface area contributed by atoms with E-state index >= 15 is 0 Å². The highest BCUT2D eigenvalue weighted by Gasteiger charge is 2.13. The molecule has 0 aliphatic carbocycles. The van der Waals surface area contributed by atoms with E-state index in [1.807, 2.05) is 19.1 Å². The van der Waals surface area contributed by atoms with Crippen molar-refractivity contribution in [3.05, 3.63) is 42.0 Å². The van der Waals surface area contributed by atoms with Crippen LogP contribution >= 0.6 is 0 Å². The highest BCUT2D eigenvalue weighted by atomic mass is 32.2. The molecule has 0 aliphatic heterocycles. The summed E-state index contributed by atoms with van der Waals surface area (Å²) >= 11 is 0. The van der Waals surface area contributed by atoms with Gasteiger partial charge in [0.05, 0.1) is 18.1 Å². The van der Waals surface area contributed by atoms with E-state index in [2.05, 4.69) is 25.1 Å². The predicted molar refractivity (Wildman–Crippen MR) is 85.8 cm³/mol. The molecule has 0 bridgehead atoms. The zero-order valence-electron chi connectivity index (χ0n) is 13.1. The Balaban J connectivity index is 2.52. The van der Waals surface area contributed by atoms with Crippen molar-refractivity contribution in [2.24, 2.45) is 5.92 Å². The lowest BCUT2D eigenvalue weighted by Crippen LogP contribution is -2.27. The van der Waals surface area contributed by atoms with Crippen molar-refractivity contribution in [1.82, 2.24) is 4.72 Å². The molecule has 0 heterocycles. The van der Waals surface area contributed by atoms with Gasteiger partial charge in [-0.1, -0.05) is 38.1 Å². The van der Waals surface area contributed by atoms with Crippen LogP contribution in [0.15, 0.2) is 41.3 Å². The smallest absolute Gasteiger partial charge is 0.240 e. The Labute approximate surface area is 128 Å². The zero-order chi connectivity index (χ0) is 15.9. The molecule has 0 atom stereocenters. The van der Waals surface area contributed by atoms with Crippen LogP contribution in [-0.2, 0) is 21.2 Å². The van der Waals surface area contributed by atoms with Gasteiger partial charge in [0.15, 0.2) is 0 Å². The van der Waals surface area contributed by atoms with Crippen LogP contribution in [0.5, 0.6) is 0 Å². The van der Waals surface area contributed by atoms with Gasteiger partial charge in [0, 0.05) is 6.54 Å². The van der Waals surface area contributed by atoms with E-state index in [0.29, 0.717) is 19.1 Å². The van der Waals surface area contributed by atoms with E-state index in [1.165, 1.54) is 0 Å². The molecular weight excluding hydrogens is 286 g/mol. The van der Waals surface area contributed by atoms with Crippen molar-refractivity contribution in [2.45, 2.75) is 32.1 Å². The summed E-state index contributed by atoms with van der Waals surface area (Å²) in [6, 6.07) is 7.03. The summed E-state index contributed by atoms with van der Waals surface area (Å²) in [5.41, 5.74) is 2.06. The first kappa shape index (κ1) is 17.9. The van der Waals surface area contributed by atoms with Gasteiger partial charge in [-0.25, -0.2) is 13.1 Å². The van der Waals surface area contributed by atoms with Crippen LogP contribution in [-0.4, -0.2) is 28.2 Å². The topological polar surface area (TPSA) is 55.4 Å². The van der Waals surface area contributed by atoms with E-state index in [-0.39, 0.29) is 11.4 Å². The molecule has 0 saturated heterocycles. The lowest BCUT2D eigenvalue weighted by molar-refractivity contribution is 0.162. The molecule has 0 fully saturated rings. The normalized spacial score (nSPS) is 11.8. The number of sulfonamides is 1. The van der Waals surface area contributed by atoms with Gasteiger partial charge >= 0.3 is 0 Å². The number of ether oxygens (including phenoxy) is 1. The van der Waals surface area contributed by atoms with Gasteiger partial charge in [-0.05, 0) is 37.0 Å². The van der Waals surface area contributed by atoms with E-state index in [9.17, 15) is 8.42 Å².